The molecule has 4 heteroatoms. The summed E-state index contributed by atoms with van der Waals surface area (Å²) in [5.41, 5.74) is 0.799. The van der Waals surface area contributed by atoms with Gasteiger partial charge in [0.2, 0.25) is 0 Å². The Morgan fingerprint density at radius 2 is 1.67 bits per heavy atom. The molecule has 1 aliphatic heterocycles. The van der Waals surface area contributed by atoms with Gasteiger partial charge in [-0.25, -0.2) is 4.98 Å². The number of hydrogen-bond donors (Lipinski definition) is 1. The highest BCUT2D eigenvalue weighted by Gasteiger charge is 2.51. The molecule has 5 aliphatic rings. The van der Waals surface area contributed by atoms with Gasteiger partial charge in [0.15, 0.2) is 0 Å². The van der Waals surface area contributed by atoms with Crippen molar-refractivity contribution in [1.82, 2.24) is 10.3 Å². The van der Waals surface area contributed by atoms with E-state index in [1.54, 1.807) is 6.20 Å². The maximum atomic E-state index is 12.8. The van der Waals surface area contributed by atoms with Crippen LogP contribution in [0.4, 0.5) is 5.82 Å². The zero-order valence-electron chi connectivity index (χ0n) is 14.3. The van der Waals surface area contributed by atoms with E-state index in [1.165, 1.54) is 51.4 Å². The van der Waals surface area contributed by atoms with Gasteiger partial charge < -0.3 is 10.2 Å². The summed E-state index contributed by atoms with van der Waals surface area (Å²) in [6.45, 7) is 2.18. The van der Waals surface area contributed by atoms with Crippen LogP contribution in [0.15, 0.2) is 18.3 Å². The summed E-state index contributed by atoms with van der Waals surface area (Å²) in [5, 5.41) is 3.44. The summed E-state index contributed by atoms with van der Waals surface area (Å²) in [6, 6.07) is 3.97. The summed E-state index contributed by atoms with van der Waals surface area (Å²) in [5.74, 6) is 3.66. The molecule has 1 amide bonds. The van der Waals surface area contributed by atoms with E-state index in [2.05, 4.69) is 15.2 Å². The third-order valence-electron chi connectivity index (χ3n) is 6.86. The maximum absolute atomic E-state index is 12.8. The minimum absolute atomic E-state index is 0.0809. The molecule has 1 N–H and O–H groups in total. The zero-order valence-corrected chi connectivity index (χ0v) is 14.3. The topological polar surface area (TPSA) is 45.2 Å². The molecule has 0 aromatic carbocycles. The fourth-order valence-electron chi connectivity index (χ4n) is 6.23. The number of hydrogen-bond acceptors (Lipinski definition) is 3. The lowest BCUT2D eigenvalue weighted by Crippen LogP contribution is -2.59. The number of nitrogens with one attached hydrogen (secondary N) is 1. The average molecular weight is 325 g/mol. The van der Waals surface area contributed by atoms with Crippen LogP contribution in [0.3, 0.4) is 0 Å². The molecule has 0 spiro atoms. The van der Waals surface area contributed by atoms with Gasteiger partial charge in [-0.3, -0.25) is 4.79 Å². The van der Waals surface area contributed by atoms with Crippen molar-refractivity contribution >= 4 is 11.7 Å². The Hall–Kier alpha value is -1.58. The lowest BCUT2D eigenvalue weighted by molar-refractivity contribution is -0.0167. The smallest absolute Gasteiger partial charge is 0.253 e. The van der Waals surface area contributed by atoms with Gasteiger partial charge in [-0.1, -0.05) is 0 Å². The molecule has 24 heavy (non-hydrogen) atoms. The van der Waals surface area contributed by atoms with Crippen LogP contribution in [0.5, 0.6) is 0 Å². The summed E-state index contributed by atoms with van der Waals surface area (Å²) >= 11 is 0. The van der Waals surface area contributed by atoms with Crippen molar-refractivity contribution in [2.45, 2.75) is 56.9 Å². The normalized spacial score (nSPS) is 37.0. The second-order valence-corrected chi connectivity index (χ2v) is 8.75. The van der Waals surface area contributed by atoms with Crippen molar-refractivity contribution in [3.63, 3.8) is 0 Å². The number of anilines is 1. The first-order valence-corrected chi connectivity index (χ1v) is 9.73. The Kier molecular flexibility index (Phi) is 3.36. The second kappa shape index (κ2) is 5.47. The van der Waals surface area contributed by atoms with Crippen LogP contribution in [0, 0.1) is 17.8 Å². The first-order valence-electron chi connectivity index (χ1n) is 9.73. The summed E-state index contributed by atoms with van der Waals surface area (Å²) in [7, 11) is 0. The monoisotopic (exact) mass is 325 g/mol. The molecule has 128 valence electrons. The highest BCUT2D eigenvalue weighted by molar-refractivity contribution is 5.94. The maximum Gasteiger partial charge on any atom is 0.253 e. The van der Waals surface area contributed by atoms with Gasteiger partial charge in [0.1, 0.15) is 5.82 Å². The second-order valence-electron chi connectivity index (χ2n) is 8.75. The molecule has 6 rings (SSSR count). The number of aromatic nitrogens is 1. The predicted octanol–water partition coefficient (Wildman–Crippen LogP) is 3.38. The Labute approximate surface area is 144 Å². The Morgan fingerprint density at radius 3 is 2.21 bits per heavy atom. The van der Waals surface area contributed by atoms with Gasteiger partial charge in [0, 0.05) is 24.8 Å². The Balaban J connectivity index is 1.30. The van der Waals surface area contributed by atoms with Crippen molar-refractivity contribution in [2.75, 3.05) is 18.0 Å². The van der Waals surface area contributed by atoms with Crippen molar-refractivity contribution in [1.29, 1.82) is 0 Å². The fourth-order valence-corrected chi connectivity index (χ4v) is 6.23. The minimum atomic E-state index is 0.0809. The van der Waals surface area contributed by atoms with E-state index in [1.807, 2.05) is 12.1 Å². The van der Waals surface area contributed by atoms with E-state index in [-0.39, 0.29) is 11.4 Å². The van der Waals surface area contributed by atoms with E-state index in [0.29, 0.717) is 5.56 Å². The van der Waals surface area contributed by atoms with Crippen molar-refractivity contribution in [3.8, 4) is 0 Å². The first kappa shape index (κ1) is 14.7. The van der Waals surface area contributed by atoms with Gasteiger partial charge in [-0.15, -0.1) is 0 Å². The molecule has 0 radical (unpaired) electrons. The molecular weight excluding hydrogens is 298 g/mol. The number of pyridine rings is 1. The standard InChI is InChI=1S/C20H27N3O/c24-19(17-3-4-18(21-13-17)23-5-1-2-6-23)22-20-10-14-7-15(11-20)9-16(8-14)12-20/h3-4,13-16H,1-2,5-12H2,(H,22,24). The average Bonchev–Trinajstić information content (AvgIpc) is 3.07. The molecule has 1 aromatic rings. The fraction of sp³-hybridized carbons (Fsp3) is 0.700. The van der Waals surface area contributed by atoms with E-state index in [4.69, 9.17) is 0 Å². The predicted molar refractivity (Wildman–Crippen MR) is 94.1 cm³/mol. The van der Waals surface area contributed by atoms with Gasteiger partial charge in [-0.2, -0.15) is 0 Å². The van der Waals surface area contributed by atoms with E-state index >= 15 is 0 Å². The van der Waals surface area contributed by atoms with Crippen LogP contribution in [-0.2, 0) is 0 Å². The number of nitrogens with zero attached hydrogens (tertiary/aromatic N) is 2. The molecule has 4 bridgehead atoms. The SMILES string of the molecule is O=C(NC12CC3CC(CC(C3)C1)C2)c1ccc(N2CCCC2)nc1. The lowest BCUT2D eigenvalue weighted by atomic mass is 9.53. The molecule has 4 saturated carbocycles. The minimum Gasteiger partial charge on any atom is -0.357 e. The van der Waals surface area contributed by atoms with E-state index in [0.717, 1.165) is 36.7 Å². The quantitative estimate of drug-likeness (QED) is 0.926. The third kappa shape index (κ3) is 2.51. The number of rotatable bonds is 3. The summed E-state index contributed by atoms with van der Waals surface area (Å²) in [6.07, 6.45) is 12.1. The van der Waals surface area contributed by atoms with Crippen LogP contribution in [0.1, 0.15) is 61.7 Å². The summed E-state index contributed by atoms with van der Waals surface area (Å²) in [4.78, 5) is 19.6. The molecule has 1 saturated heterocycles. The van der Waals surface area contributed by atoms with Crippen LogP contribution >= 0.6 is 0 Å². The molecule has 0 atom stereocenters. The lowest BCUT2D eigenvalue weighted by Gasteiger charge is -2.56. The molecule has 0 unspecified atom stereocenters. The summed E-state index contributed by atoms with van der Waals surface area (Å²) < 4.78 is 0. The van der Waals surface area contributed by atoms with Crippen LogP contribution in [-0.4, -0.2) is 29.5 Å². The Bertz CT molecular complexity index is 598. The Morgan fingerprint density at radius 1 is 1.04 bits per heavy atom. The highest BCUT2D eigenvalue weighted by Crippen LogP contribution is 2.55. The van der Waals surface area contributed by atoms with Gasteiger partial charge in [0.05, 0.1) is 5.56 Å². The molecule has 4 nitrogen and oxygen atoms in total. The van der Waals surface area contributed by atoms with Crippen molar-refractivity contribution in [2.24, 2.45) is 17.8 Å². The zero-order chi connectivity index (χ0) is 16.1. The molecule has 2 heterocycles. The van der Waals surface area contributed by atoms with Gasteiger partial charge in [0.25, 0.3) is 5.91 Å². The van der Waals surface area contributed by atoms with Crippen LogP contribution < -0.4 is 10.2 Å². The molecule has 5 fully saturated rings. The van der Waals surface area contributed by atoms with Crippen LogP contribution in [0.25, 0.3) is 0 Å². The van der Waals surface area contributed by atoms with Crippen molar-refractivity contribution < 1.29 is 4.79 Å². The van der Waals surface area contributed by atoms with Crippen molar-refractivity contribution in [3.05, 3.63) is 23.9 Å². The van der Waals surface area contributed by atoms with Gasteiger partial charge >= 0.3 is 0 Å². The first-order chi connectivity index (χ1) is 11.7. The molecular formula is C20H27N3O. The van der Waals surface area contributed by atoms with Crippen LogP contribution in [0.2, 0.25) is 0 Å². The van der Waals surface area contributed by atoms with Gasteiger partial charge in [-0.05, 0) is 81.3 Å². The number of carbonyl (C=O) groups excluding carboxylic acids is 1. The number of amides is 1. The largest absolute Gasteiger partial charge is 0.357 e. The third-order valence-corrected chi connectivity index (χ3v) is 6.86. The van der Waals surface area contributed by atoms with E-state index < -0.39 is 0 Å². The molecule has 4 aliphatic carbocycles. The highest BCUT2D eigenvalue weighted by atomic mass is 16.1. The molecule has 1 aromatic heterocycles. The number of carbonyl (C=O) groups is 1. The van der Waals surface area contributed by atoms with E-state index in [9.17, 15) is 4.79 Å².